The molecule has 27 heavy (non-hydrogen) atoms. The molecule has 2 nitrogen and oxygen atoms in total. The number of imidazole rings is 1. The summed E-state index contributed by atoms with van der Waals surface area (Å²) in [4.78, 5) is 5.08. The molecule has 0 amide bonds. The third-order valence-corrected chi connectivity index (χ3v) is 5.02. The first-order valence-corrected chi connectivity index (χ1v) is 9.31. The number of nitrogens with zero attached hydrogens (tertiary/aromatic N) is 2. The van der Waals surface area contributed by atoms with Gasteiger partial charge in [0.25, 0.3) is 0 Å². The van der Waals surface area contributed by atoms with Gasteiger partial charge in [-0.3, -0.25) is 0 Å². The van der Waals surface area contributed by atoms with Crippen molar-refractivity contribution in [3.8, 4) is 33.9 Å². The zero-order valence-electron chi connectivity index (χ0n) is 16.3. The van der Waals surface area contributed by atoms with Crippen LogP contribution in [0, 0.1) is 20.8 Å². The Balaban J connectivity index is 1.97. The first kappa shape index (κ1) is 17.3. The molecule has 0 fully saturated rings. The molecule has 1 aromatic heterocycles. The van der Waals surface area contributed by atoms with Gasteiger partial charge in [-0.05, 0) is 26.8 Å². The van der Waals surface area contributed by atoms with Gasteiger partial charge < -0.3 is 4.57 Å². The number of aromatic nitrogens is 2. The lowest BCUT2D eigenvalue weighted by Gasteiger charge is -2.09. The van der Waals surface area contributed by atoms with Gasteiger partial charge in [-0.1, -0.05) is 83.4 Å². The van der Waals surface area contributed by atoms with E-state index in [2.05, 4.69) is 105 Å². The van der Waals surface area contributed by atoms with Crippen LogP contribution in [0.3, 0.4) is 0 Å². The maximum atomic E-state index is 5.08. The van der Waals surface area contributed by atoms with Crippen LogP contribution in [0.2, 0.25) is 0 Å². The van der Waals surface area contributed by atoms with Crippen LogP contribution in [0.25, 0.3) is 33.9 Å². The van der Waals surface area contributed by atoms with E-state index < -0.39 is 0 Å². The van der Waals surface area contributed by atoms with Crippen LogP contribution in [0.1, 0.15) is 16.7 Å². The van der Waals surface area contributed by atoms with Crippen LogP contribution in [-0.4, -0.2) is 9.55 Å². The Morgan fingerprint density at radius 1 is 0.630 bits per heavy atom. The zero-order valence-corrected chi connectivity index (χ0v) is 16.3. The normalized spacial score (nSPS) is 11.0. The van der Waals surface area contributed by atoms with Crippen LogP contribution >= 0.6 is 0 Å². The molecule has 0 radical (unpaired) electrons. The van der Waals surface area contributed by atoms with E-state index in [-0.39, 0.29) is 0 Å². The predicted molar refractivity (Wildman–Crippen MR) is 114 cm³/mol. The first-order chi connectivity index (χ1) is 13.0. The van der Waals surface area contributed by atoms with E-state index in [1.807, 2.05) is 0 Å². The number of aryl methyl sites for hydroxylation is 3. The fourth-order valence-corrected chi connectivity index (χ4v) is 3.50. The van der Waals surface area contributed by atoms with Gasteiger partial charge in [-0.2, -0.15) is 0 Å². The van der Waals surface area contributed by atoms with Crippen LogP contribution < -0.4 is 0 Å². The van der Waals surface area contributed by atoms with Crippen molar-refractivity contribution in [3.63, 3.8) is 0 Å². The molecule has 1 heterocycles. The summed E-state index contributed by atoms with van der Waals surface area (Å²) in [5.41, 5.74) is 9.40. The van der Waals surface area contributed by atoms with Crippen LogP contribution in [0.15, 0.2) is 72.8 Å². The predicted octanol–water partition coefficient (Wildman–Crippen LogP) is 6.35. The second kappa shape index (κ2) is 6.88. The molecule has 2 heteroatoms. The van der Waals surface area contributed by atoms with Crippen molar-refractivity contribution in [1.29, 1.82) is 0 Å². The Morgan fingerprint density at radius 2 is 1.22 bits per heavy atom. The standard InChI is InChI=1S/C25H24N2/c1-17-8-12-20(13-9-17)23-24(21-14-10-18(2)11-15-21)27(4)25(26-23)22-7-5-6-19(3)16-22/h5-16H,1-4H3. The van der Waals surface area contributed by atoms with Crippen LogP contribution in [0.4, 0.5) is 0 Å². The molecular formula is C25H24N2. The van der Waals surface area contributed by atoms with Crippen molar-refractivity contribution >= 4 is 0 Å². The minimum absolute atomic E-state index is 0.991. The van der Waals surface area contributed by atoms with Crippen molar-refractivity contribution in [2.75, 3.05) is 0 Å². The van der Waals surface area contributed by atoms with E-state index in [1.54, 1.807) is 0 Å². The molecule has 0 unspecified atom stereocenters. The Kier molecular flexibility index (Phi) is 4.41. The molecule has 0 atom stereocenters. The minimum atomic E-state index is 0.991. The zero-order chi connectivity index (χ0) is 19.0. The van der Waals surface area contributed by atoms with Gasteiger partial charge in [0.05, 0.1) is 11.4 Å². The van der Waals surface area contributed by atoms with Crippen LogP contribution in [0.5, 0.6) is 0 Å². The second-order valence-corrected chi connectivity index (χ2v) is 7.29. The van der Waals surface area contributed by atoms with Gasteiger partial charge in [0.1, 0.15) is 5.82 Å². The Bertz CT molecular complexity index is 1080. The number of hydrogen-bond acceptors (Lipinski definition) is 1. The first-order valence-electron chi connectivity index (χ1n) is 9.31. The highest BCUT2D eigenvalue weighted by Crippen LogP contribution is 2.35. The van der Waals surface area contributed by atoms with Crippen molar-refractivity contribution in [3.05, 3.63) is 89.5 Å². The number of rotatable bonds is 3. The molecule has 4 aromatic rings. The highest BCUT2D eigenvalue weighted by Gasteiger charge is 2.19. The second-order valence-electron chi connectivity index (χ2n) is 7.29. The van der Waals surface area contributed by atoms with E-state index in [0.717, 1.165) is 28.3 Å². The summed E-state index contributed by atoms with van der Waals surface area (Å²) in [5, 5.41) is 0. The molecule has 0 saturated heterocycles. The molecule has 0 saturated carbocycles. The van der Waals surface area contributed by atoms with Gasteiger partial charge in [0, 0.05) is 23.7 Å². The van der Waals surface area contributed by atoms with E-state index in [9.17, 15) is 0 Å². The fourth-order valence-electron chi connectivity index (χ4n) is 3.50. The molecule has 4 rings (SSSR count). The molecule has 134 valence electrons. The van der Waals surface area contributed by atoms with Gasteiger partial charge in [0.2, 0.25) is 0 Å². The van der Waals surface area contributed by atoms with E-state index in [1.165, 1.54) is 22.3 Å². The Morgan fingerprint density at radius 3 is 1.81 bits per heavy atom. The largest absolute Gasteiger partial charge is 0.327 e. The molecular weight excluding hydrogens is 328 g/mol. The van der Waals surface area contributed by atoms with Gasteiger partial charge in [-0.25, -0.2) is 4.98 Å². The fraction of sp³-hybridized carbons (Fsp3) is 0.160. The molecule has 3 aromatic carbocycles. The van der Waals surface area contributed by atoms with Crippen molar-refractivity contribution in [2.24, 2.45) is 7.05 Å². The maximum Gasteiger partial charge on any atom is 0.140 e. The summed E-state index contributed by atoms with van der Waals surface area (Å²) in [7, 11) is 2.11. The third-order valence-electron chi connectivity index (χ3n) is 5.02. The lowest BCUT2D eigenvalue weighted by molar-refractivity contribution is 0.932. The average Bonchev–Trinajstić information content (AvgIpc) is 3.00. The highest BCUT2D eigenvalue weighted by molar-refractivity contribution is 5.82. The van der Waals surface area contributed by atoms with E-state index >= 15 is 0 Å². The van der Waals surface area contributed by atoms with Crippen molar-refractivity contribution < 1.29 is 0 Å². The molecule has 0 N–H and O–H groups in total. The quantitative estimate of drug-likeness (QED) is 0.420. The molecule has 0 spiro atoms. The van der Waals surface area contributed by atoms with Gasteiger partial charge in [-0.15, -0.1) is 0 Å². The summed E-state index contributed by atoms with van der Waals surface area (Å²) >= 11 is 0. The lowest BCUT2D eigenvalue weighted by atomic mass is 10.0. The monoisotopic (exact) mass is 352 g/mol. The summed E-state index contributed by atoms with van der Waals surface area (Å²) in [6.07, 6.45) is 0. The summed E-state index contributed by atoms with van der Waals surface area (Å²) in [6.45, 7) is 6.35. The maximum absolute atomic E-state index is 5.08. The molecule has 0 aliphatic carbocycles. The topological polar surface area (TPSA) is 17.8 Å². The third kappa shape index (κ3) is 3.31. The van der Waals surface area contributed by atoms with E-state index in [0.29, 0.717) is 0 Å². The van der Waals surface area contributed by atoms with Crippen LogP contribution in [-0.2, 0) is 7.05 Å². The lowest BCUT2D eigenvalue weighted by Crippen LogP contribution is -1.96. The smallest absolute Gasteiger partial charge is 0.140 e. The summed E-state index contributed by atoms with van der Waals surface area (Å²) in [6, 6.07) is 25.8. The number of benzene rings is 3. The highest BCUT2D eigenvalue weighted by atomic mass is 15.1. The van der Waals surface area contributed by atoms with Gasteiger partial charge in [0.15, 0.2) is 0 Å². The Hall–Kier alpha value is -3.13. The number of hydrogen-bond donors (Lipinski definition) is 0. The SMILES string of the molecule is Cc1ccc(-c2nc(-c3cccc(C)c3)n(C)c2-c2ccc(C)cc2)cc1. The van der Waals surface area contributed by atoms with Crippen molar-refractivity contribution in [2.45, 2.75) is 20.8 Å². The molecule has 0 aliphatic rings. The summed E-state index contributed by atoms with van der Waals surface area (Å²) in [5.74, 6) is 0.991. The molecule has 0 aliphatic heterocycles. The average molecular weight is 352 g/mol. The van der Waals surface area contributed by atoms with Gasteiger partial charge >= 0.3 is 0 Å². The van der Waals surface area contributed by atoms with Crippen molar-refractivity contribution in [1.82, 2.24) is 9.55 Å². The van der Waals surface area contributed by atoms with E-state index in [4.69, 9.17) is 4.98 Å². The minimum Gasteiger partial charge on any atom is -0.327 e. The Labute approximate surface area is 161 Å². The summed E-state index contributed by atoms with van der Waals surface area (Å²) < 4.78 is 2.22. The molecule has 0 bridgehead atoms.